The number of rotatable bonds is 1. The van der Waals surface area contributed by atoms with Crippen LogP contribution in [0, 0.1) is 0 Å². The second kappa shape index (κ2) is 3.89. The lowest BCUT2D eigenvalue weighted by Crippen LogP contribution is -2.12. The van der Waals surface area contributed by atoms with E-state index in [1.807, 2.05) is 18.7 Å². The molecule has 1 aliphatic rings. The van der Waals surface area contributed by atoms with Gasteiger partial charge in [-0.25, -0.2) is 4.98 Å². The summed E-state index contributed by atoms with van der Waals surface area (Å²) in [6, 6.07) is 0. The van der Waals surface area contributed by atoms with E-state index < -0.39 is 0 Å². The molecule has 1 aliphatic heterocycles. The first kappa shape index (κ1) is 10.4. The predicted molar refractivity (Wildman–Crippen MR) is 69.5 cm³/mol. The first-order valence-corrected chi connectivity index (χ1v) is 7.38. The van der Waals surface area contributed by atoms with Crippen LogP contribution in [0.4, 0.5) is 0 Å². The number of aromatic amines is 1. The van der Waals surface area contributed by atoms with Gasteiger partial charge in [-0.05, 0) is 17.7 Å². The van der Waals surface area contributed by atoms with Crippen molar-refractivity contribution < 1.29 is 0 Å². The van der Waals surface area contributed by atoms with Crippen molar-refractivity contribution in [3.05, 3.63) is 26.6 Å². The van der Waals surface area contributed by atoms with E-state index in [-0.39, 0.29) is 5.56 Å². The molecule has 0 unspecified atom stereocenters. The molecule has 0 fully saturated rings. The number of nitrogens with one attached hydrogen (secondary N) is 1. The highest BCUT2D eigenvalue weighted by Gasteiger charge is 2.19. The molecule has 3 nitrogen and oxygen atoms in total. The minimum absolute atomic E-state index is 0.0475. The molecule has 0 spiro atoms. The zero-order valence-electron chi connectivity index (χ0n) is 9.00. The molecule has 0 bridgehead atoms. The molecule has 16 heavy (non-hydrogen) atoms. The zero-order valence-corrected chi connectivity index (χ0v) is 10.6. The molecule has 0 amide bonds. The first-order chi connectivity index (χ1) is 7.79. The van der Waals surface area contributed by atoms with Gasteiger partial charge in [-0.2, -0.15) is 11.8 Å². The van der Waals surface area contributed by atoms with Crippen molar-refractivity contribution >= 4 is 33.3 Å². The van der Waals surface area contributed by atoms with E-state index in [1.54, 1.807) is 11.3 Å². The topological polar surface area (TPSA) is 45.8 Å². The Labute approximate surface area is 101 Å². The number of hydrogen-bond donors (Lipinski definition) is 1. The molecule has 5 heteroatoms. The summed E-state index contributed by atoms with van der Waals surface area (Å²) in [7, 11) is 0. The van der Waals surface area contributed by atoms with Crippen molar-refractivity contribution in [1.29, 1.82) is 0 Å². The van der Waals surface area contributed by atoms with Gasteiger partial charge in [0.1, 0.15) is 10.7 Å². The van der Waals surface area contributed by atoms with E-state index in [4.69, 9.17) is 0 Å². The third-order valence-electron chi connectivity index (χ3n) is 2.86. The van der Waals surface area contributed by atoms with Crippen LogP contribution in [0.15, 0.2) is 4.79 Å². The van der Waals surface area contributed by atoms with Crippen molar-refractivity contribution in [3.8, 4) is 0 Å². The van der Waals surface area contributed by atoms with Crippen LogP contribution in [-0.2, 0) is 18.6 Å². The minimum Gasteiger partial charge on any atom is -0.310 e. The molecule has 3 heterocycles. The second-order valence-electron chi connectivity index (χ2n) is 3.85. The van der Waals surface area contributed by atoms with Gasteiger partial charge in [0.25, 0.3) is 5.56 Å². The van der Waals surface area contributed by atoms with E-state index in [0.29, 0.717) is 0 Å². The van der Waals surface area contributed by atoms with E-state index in [2.05, 4.69) is 9.97 Å². The number of hydrogen-bond acceptors (Lipinski definition) is 4. The van der Waals surface area contributed by atoms with Gasteiger partial charge in [0.2, 0.25) is 0 Å². The minimum atomic E-state index is 0.0475. The van der Waals surface area contributed by atoms with Gasteiger partial charge < -0.3 is 4.98 Å². The van der Waals surface area contributed by atoms with Crippen molar-refractivity contribution in [1.82, 2.24) is 9.97 Å². The third kappa shape index (κ3) is 1.50. The Morgan fingerprint density at radius 3 is 3.19 bits per heavy atom. The fourth-order valence-electron chi connectivity index (χ4n) is 2.04. The maximum Gasteiger partial charge on any atom is 0.259 e. The van der Waals surface area contributed by atoms with E-state index in [0.717, 1.165) is 40.4 Å². The highest BCUT2D eigenvalue weighted by atomic mass is 32.2. The molecule has 1 N–H and O–H groups in total. The van der Waals surface area contributed by atoms with Gasteiger partial charge in [-0.1, -0.05) is 6.92 Å². The summed E-state index contributed by atoms with van der Waals surface area (Å²) in [5.41, 5.74) is 1.29. The van der Waals surface area contributed by atoms with Crippen LogP contribution < -0.4 is 5.56 Å². The van der Waals surface area contributed by atoms with Gasteiger partial charge in [-0.3, -0.25) is 4.79 Å². The lowest BCUT2D eigenvalue weighted by atomic mass is 10.1. The molecule has 0 atom stereocenters. The molecule has 84 valence electrons. The van der Waals surface area contributed by atoms with Gasteiger partial charge in [0.15, 0.2) is 0 Å². The molecule has 2 aromatic heterocycles. The Kier molecular flexibility index (Phi) is 2.52. The summed E-state index contributed by atoms with van der Waals surface area (Å²) < 4.78 is 0. The van der Waals surface area contributed by atoms with Crippen LogP contribution in [0.1, 0.15) is 23.2 Å². The lowest BCUT2D eigenvalue weighted by Gasteiger charge is -2.09. The molecule has 3 rings (SSSR count). The van der Waals surface area contributed by atoms with Gasteiger partial charge >= 0.3 is 0 Å². The number of thioether (sulfide) groups is 1. The Morgan fingerprint density at radius 2 is 2.38 bits per heavy atom. The van der Waals surface area contributed by atoms with Crippen LogP contribution in [0.3, 0.4) is 0 Å². The SMILES string of the molecule is CCc1nc2sc3c(c2c(=O)[nH]1)CCSC3. The standard InChI is InChI=1S/C11H12N2OS2/c1-2-8-12-10(14)9-6-3-4-15-5-7(6)16-11(9)13-8/h2-5H2,1H3,(H,12,13,14). The molecule has 0 aromatic carbocycles. The smallest absolute Gasteiger partial charge is 0.259 e. The van der Waals surface area contributed by atoms with Crippen LogP contribution in [0.5, 0.6) is 0 Å². The molecular weight excluding hydrogens is 240 g/mol. The summed E-state index contributed by atoms with van der Waals surface area (Å²) in [5, 5.41) is 0.845. The van der Waals surface area contributed by atoms with Crippen LogP contribution in [-0.4, -0.2) is 15.7 Å². The molecule has 0 radical (unpaired) electrons. The van der Waals surface area contributed by atoms with E-state index >= 15 is 0 Å². The predicted octanol–water partition coefficient (Wildman–Crippen LogP) is 2.34. The summed E-state index contributed by atoms with van der Waals surface area (Å²) >= 11 is 3.63. The molecular formula is C11H12N2OS2. The normalized spacial score (nSPS) is 15.3. The van der Waals surface area contributed by atoms with Crippen LogP contribution in [0.25, 0.3) is 10.2 Å². The fraction of sp³-hybridized carbons (Fsp3) is 0.455. The number of thiophene rings is 1. The maximum atomic E-state index is 12.0. The van der Waals surface area contributed by atoms with E-state index in [9.17, 15) is 4.79 Å². The summed E-state index contributed by atoms with van der Waals surface area (Å²) in [6.45, 7) is 2.01. The highest BCUT2D eigenvalue weighted by molar-refractivity contribution is 7.98. The number of nitrogens with zero attached hydrogens (tertiary/aromatic N) is 1. The number of H-pyrrole nitrogens is 1. The lowest BCUT2D eigenvalue weighted by molar-refractivity contribution is 0.945. The molecule has 0 saturated carbocycles. The zero-order chi connectivity index (χ0) is 11.1. The first-order valence-electron chi connectivity index (χ1n) is 5.40. The van der Waals surface area contributed by atoms with Crippen molar-refractivity contribution in [2.45, 2.75) is 25.5 Å². The third-order valence-corrected chi connectivity index (χ3v) is 5.15. The van der Waals surface area contributed by atoms with Crippen LogP contribution in [0.2, 0.25) is 0 Å². The molecule has 2 aromatic rings. The van der Waals surface area contributed by atoms with Gasteiger partial charge in [0.05, 0.1) is 5.39 Å². The summed E-state index contributed by atoms with van der Waals surface area (Å²) in [4.78, 5) is 21.6. The fourth-order valence-corrected chi connectivity index (χ4v) is 4.41. The Balaban J connectivity index is 2.34. The number of aryl methyl sites for hydroxylation is 2. The monoisotopic (exact) mass is 252 g/mol. The van der Waals surface area contributed by atoms with Crippen molar-refractivity contribution in [3.63, 3.8) is 0 Å². The highest BCUT2D eigenvalue weighted by Crippen LogP contribution is 2.35. The Hall–Kier alpha value is -0.810. The average Bonchev–Trinajstić information content (AvgIpc) is 2.67. The second-order valence-corrected chi connectivity index (χ2v) is 6.04. The van der Waals surface area contributed by atoms with Gasteiger partial charge in [0, 0.05) is 17.1 Å². The molecule has 0 saturated heterocycles. The summed E-state index contributed by atoms with van der Waals surface area (Å²) in [6.07, 6.45) is 1.79. The Morgan fingerprint density at radius 1 is 1.50 bits per heavy atom. The van der Waals surface area contributed by atoms with Gasteiger partial charge in [-0.15, -0.1) is 11.3 Å². The maximum absolute atomic E-state index is 12.0. The van der Waals surface area contributed by atoms with E-state index in [1.165, 1.54) is 10.4 Å². The summed E-state index contributed by atoms with van der Waals surface area (Å²) in [5.74, 6) is 2.95. The van der Waals surface area contributed by atoms with Crippen molar-refractivity contribution in [2.75, 3.05) is 5.75 Å². The average molecular weight is 252 g/mol. The van der Waals surface area contributed by atoms with Crippen LogP contribution >= 0.6 is 23.1 Å². The quantitative estimate of drug-likeness (QED) is 0.847. The van der Waals surface area contributed by atoms with Crippen molar-refractivity contribution in [2.24, 2.45) is 0 Å². The number of fused-ring (bicyclic) bond motifs is 3. The number of aromatic nitrogens is 2. The molecule has 0 aliphatic carbocycles. The Bertz CT molecular complexity index is 600. The largest absolute Gasteiger partial charge is 0.310 e.